The van der Waals surface area contributed by atoms with E-state index in [2.05, 4.69) is 16.9 Å². The van der Waals surface area contributed by atoms with Crippen LogP contribution in [0.5, 0.6) is 0 Å². The fourth-order valence-electron chi connectivity index (χ4n) is 1.37. The second-order valence-electron chi connectivity index (χ2n) is 3.49. The van der Waals surface area contributed by atoms with E-state index in [9.17, 15) is 4.79 Å². The molecule has 0 aromatic rings. The Morgan fingerprint density at radius 1 is 1.00 bits per heavy atom. The lowest BCUT2D eigenvalue weighted by Crippen LogP contribution is -1.88. The van der Waals surface area contributed by atoms with Gasteiger partial charge in [0.25, 0.3) is 6.08 Å². The molecule has 3 nitrogen and oxygen atoms in total. The first kappa shape index (κ1) is 13.2. The molecule has 0 fully saturated rings. The molecule has 0 spiro atoms. The van der Waals surface area contributed by atoms with Crippen LogP contribution in [0.2, 0.25) is 0 Å². The minimum absolute atomic E-state index is 0.546. The highest BCUT2D eigenvalue weighted by Gasteiger charge is 1.91. The van der Waals surface area contributed by atoms with Gasteiger partial charge in [0.05, 0.1) is 0 Å². The molecule has 0 aliphatic carbocycles. The summed E-state index contributed by atoms with van der Waals surface area (Å²) in [6.45, 7) is 2.77. The summed E-state index contributed by atoms with van der Waals surface area (Å²) in [4.78, 5) is 14.3. The average molecular weight is 199 g/mol. The Labute approximate surface area is 86.5 Å². The Balaban J connectivity index is 2.88. The SMILES string of the molecule is CCCCCCCCCCON=C=O. The number of carbonyl (C=O) groups excluding carboxylic acids is 1. The summed E-state index contributed by atoms with van der Waals surface area (Å²) < 4.78 is 0. The molecule has 0 heterocycles. The van der Waals surface area contributed by atoms with Gasteiger partial charge in [0.15, 0.2) is 0 Å². The van der Waals surface area contributed by atoms with Gasteiger partial charge in [-0.05, 0) is 12.8 Å². The van der Waals surface area contributed by atoms with E-state index in [4.69, 9.17) is 0 Å². The molecule has 0 aromatic carbocycles. The van der Waals surface area contributed by atoms with Crippen LogP contribution in [0.15, 0.2) is 5.16 Å². The van der Waals surface area contributed by atoms with E-state index in [-0.39, 0.29) is 0 Å². The summed E-state index contributed by atoms with van der Waals surface area (Å²) in [5.74, 6) is 0. The van der Waals surface area contributed by atoms with Crippen molar-refractivity contribution in [1.29, 1.82) is 0 Å². The monoisotopic (exact) mass is 199 g/mol. The summed E-state index contributed by atoms with van der Waals surface area (Å²) in [5, 5.41) is 3.02. The fourth-order valence-corrected chi connectivity index (χ4v) is 1.37. The largest absolute Gasteiger partial charge is 0.386 e. The first-order chi connectivity index (χ1) is 6.91. The summed E-state index contributed by atoms with van der Waals surface area (Å²) in [6.07, 6.45) is 11.4. The van der Waals surface area contributed by atoms with E-state index in [1.165, 1.54) is 51.0 Å². The van der Waals surface area contributed by atoms with Gasteiger partial charge in [0.2, 0.25) is 0 Å². The van der Waals surface area contributed by atoms with Gasteiger partial charge in [0.1, 0.15) is 6.61 Å². The second kappa shape index (κ2) is 12.2. The third-order valence-electron chi connectivity index (χ3n) is 2.19. The molecule has 0 saturated heterocycles. The minimum atomic E-state index is 0.546. The molecule has 0 bridgehead atoms. The molecule has 0 radical (unpaired) electrons. The van der Waals surface area contributed by atoms with E-state index in [1.54, 1.807) is 0 Å². The third kappa shape index (κ3) is 11.2. The lowest BCUT2D eigenvalue weighted by molar-refractivity contribution is 0.139. The number of unbranched alkanes of at least 4 members (excludes halogenated alkanes) is 7. The van der Waals surface area contributed by atoms with Crippen molar-refractivity contribution in [3.63, 3.8) is 0 Å². The molecule has 0 N–H and O–H groups in total. The van der Waals surface area contributed by atoms with Crippen LogP contribution in [0.4, 0.5) is 0 Å². The van der Waals surface area contributed by atoms with Crippen molar-refractivity contribution >= 4 is 6.08 Å². The van der Waals surface area contributed by atoms with Crippen molar-refractivity contribution in [3.8, 4) is 0 Å². The third-order valence-corrected chi connectivity index (χ3v) is 2.19. The molecule has 14 heavy (non-hydrogen) atoms. The number of hydrogen-bond acceptors (Lipinski definition) is 3. The fraction of sp³-hybridized carbons (Fsp3) is 0.909. The maximum atomic E-state index is 9.62. The van der Waals surface area contributed by atoms with Crippen LogP contribution in [0.25, 0.3) is 0 Å². The highest BCUT2D eigenvalue weighted by Crippen LogP contribution is 2.08. The summed E-state index contributed by atoms with van der Waals surface area (Å²) in [7, 11) is 0. The maximum Gasteiger partial charge on any atom is 0.276 e. The van der Waals surface area contributed by atoms with Gasteiger partial charge in [-0.1, -0.05) is 45.4 Å². The molecule has 0 aliphatic heterocycles. The van der Waals surface area contributed by atoms with Gasteiger partial charge in [0, 0.05) is 5.16 Å². The van der Waals surface area contributed by atoms with Gasteiger partial charge in [-0.2, -0.15) is 0 Å². The minimum Gasteiger partial charge on any atom is -0.386 e. The standard InChI is InChI=1S/C11H21NO2/c1-2-3-4-5-6-7-8-9-10-14-12-11-13/h2-10H2,1H3. The topological polar surface area (TPSA) is 38.7 Å². The molecule has 0 saturated carbocycles. The number of isocyanates is 1. The predicted octanol–water partition coefficient (Wildman–Crippen LogP) is 3.39. The van der Waals surface area contributed by atoms with E-state index < -0.39 is 0 Å². The van der Waals surface area contributed by atoms with Crippen LogP contribution in [0, 0.1) is 0 Å². The average Bonchev–Trinajstić information content (AvgIpc) is 2.21. The quantitative estimate of drug-likeness (QED) is 0.234. The molecule has 82 valence electrons. The van der Waals surface area contributed by atoms with E-state index in [0.29, 0.717) is 6.61 Å². The van der Waals surface area contributed by atoms with Crippen LogP contribution < -0.4 is 0 Å². The predicted molar refractivity (Wildman–Crippen MR) is 56.7 cm³/mol. The molecule has 0 aromatic heterocycles. The Morgan fingerprint density at radius 3 is 2.14 bits per heavy atom. The lowest BCUT2D eigenvalue weighted by Gasteiger charge is -2.00. The zero-order chi connectivity index (χ0) is 10.5. The van der Waals surface area contributed by atoms with Crippen LogP contribution >= 0.6 is 0 Å². The zero-order valence-electron chi connectivity index (χ0n) is 9.13. The van der Waals surface area contributed by atoms with Gasteiger partial charge in [-0.15, -0.1) is 0 Å². The van der Waals surface area contributed by atoms with Crippen molar-refractivity contribution in [2.75, 3.05) is 6.61 Å². The van der Waals surface area contributed by atoms with Crippen LogP contribution in [0.1, 0.15) is 58.3 Å². The number of rotatable bonds is 10. The normalized spacial score (nSPS) is 9.50. The molecular formula is C11H21NO2. The Kier molecular flexibility index (Phi) is 11.5. The summed E-state index contributed by atoms with van der Waals surface area (Å²) >= 11 is 0. The lowest BCUT2D eigenvalue weighted by atomic mass is 10.1. The van der Waals surface area contributed by atoms with Gasteiger partial charge >= 0.3 is 0 Å². The van der Waals surface area contributed by atoms with Crippen molar-refractivity contribution in [2.24, 2.45) is 5.16 Å². The van der Waals surface area contributed by atoms with Crippen molar-refractivity contribution < 1.29 is 9.63 Å². The number of hydrogen-bond donors (Lipinski definition) is 0. The molecular weight excluding hydrogens is 178 g/mol. The van der Waals surface area contributed by atoms with Gasteiger partial charge in [-0.25, -0.2) is 4.79 Å². The highest BCUT2D eigenvalue weighted by molar-refractivity contribution is 5.31. The van der Waals surface area contributed by atoms with Gasteiger partial charge < -0.3 is 4.84 Å². The smallest absolute Gasteiger partial charge is 0.276 e. The maximum absolute atomic E-state index is 9.62. The summed E-state index contributed by atoms with van der Waals surface area (Å²) in [6, 6.07) is 0. The second-order valence-corrected chi connectivity index (χ2v) is 3.49. The molecule has 0 atom stereocenters. The van der Waals surface area contributed by atoms with Crippen molar-refractivity contribution in [1.82, 2.24) is 0 Å². The van der Waals surface area contributed by atoms with Crippen LogP contribution in [-0.2, 0) is 9.63 Å². The molecule has 3 heteroatoms. The Bertz CT molecular complexity index is 153. The first-order valence-electron chi connectivity index (χ1n) is 5.61. The molecule has 0 rings (SSSR count). The van der Waals surface area contributed by atoms with E-state index in [0.717, 1.165) is 6.42 Å². The van der Waals surface area contributed by atoms with E-state index in [1.807, 2.05) is 0 Å². The number of nitrogens with zero attached hydrogens (tertiary/aromatic N) is 1. The zero-order valence-corrected chi connectivity index (χ0v) is 9.13. The van der Waals surface area contributed by atoms with Gasteiger partial charge in [-0.3, -0.25) is 0 Å². The summed E-state index contributed by atoms with van der Waals surface area (Å²) in [5.41, 5.74) is 0. The molecule has 0 aliphatic rings. The highest BCUT2D eigenvalue weighted by atomic mass is 16.6. The molecule has 0 unspecified atom stereocenters. The Hall–Kier alpha value is -0.820. The van der Waals surface area contributed by atoms with Crippen molar-refractivity contribution in [2.45, 2.75) is 58.3 Å². The first-order valence-corrected chi connectivity index (χ1v) is 5.61. The Morgan fingerprint density at radius 2 is 1.57 bits per heavy atom. The van der Waals surface area contributed by atoms with Crippen LogP contribution in [0.3, 0.4) is 0 Å². The van der Waals surface area contributed by atoms with E-state index >= 15 is 0 Å². The van der Waals surface area contributed by atoms with Crippen molar-refractivity contribution in [3.05, 3.63) is 0 Å². The molecule has 0 amide bonds. The van der Waals surface area contributed by atoms with Crippen LogP contribution in [-0.4, -0.2) is 12.7 Å².